The van der Waals surface area contributed by atoms with Gasteiger partial charge >= 0.3 is 0 Å². The van der Waals surface area contributed by atoms with E-state index in [0.717, 1.165) is 11.3 Å². The summed E-state index contributed by atoms with van der Waals surface area (Å²) >= 11 is 0. The van der Waals surface area contributed by atoms with Crippen molar-refractivity contribution in [2.24, 2.45) is 11.7 Å². The Bertz CT molecular complexity index is 562. The summed E-state index contributed by atoms with van der Waals surface area (Å²) in [6, 6.07) is 6.55. The molecule has 0 saturated carbocycles. The molecule has 1 aromatic carbocycles. The van der Waals surface area contributed by atoms with E-state index in [9.17, 15) is 4.39 Å². The summed E-state index contributed by atoms with van der Waals surface area (Å²) in [7, 11) is 0. The molecule has 0 aliphatic rings. The smallest absolute Gasteiger partial charge is 0.123 e. The molecule has 102 valence electrons. The molecule has 1 aromatic heterocycles. The van der Waals surface area contributed by atoms with Gasteiger partial charge in [0.15, 0.2) is 0 Å². The van der Waals surface area contributed by atoms with Gasteiger partial charge < -0.3 is 10.3 Å². The van der Waals surface area contributed by atoms with Gasteiger partial charge in [-0.2, -0.15) is 0 Å². The van der Waals surface area contributed by atoms with Gasteiger partial charge in [0.2, 0.25) is 0 Å². The molecule has 2 aromatic rings. The van der Waals surface area contributed by atoms with Crippen LogP contribution in [-0.4, -0.2) is 16.1 Å². The Hall–Kier alpha value is -1.68. The van der Waals surface area contributed by atoms with Crippen LogP contribution in [0, 0.1) is 11.7 Å². The predicted octanol–water partition coefficient (Wildman–Crippen LogP) is 3.02. The standard InChI is InChI=1S/C15H20FN3/c1-11(2)15(3,9-17)19-10-18-8-14(19)12-5-4-6-13(16)7-12/h4-8,10-11H,9,17H2,1-3H3. The van der Waals surface area contributed by atoms with Gasteiger partial charge in [-0.25, -0.2) is 9.37 Å². The average molecular weight is 261 g/mol. The topological polar surface area (TPSA) is 43.8 Å². The number of aromatic nitrogens is 2. The van der Waals surface area contributed by atoms with Gasteiger partial charge in [-0.3, -0.25) is 0 Å². The highest BCUT2D eigenvalue weighted by molar-refractivity contribution is 5.59. The summed E-state index contributed by atoms with van der Waals surface area (Å²) in [4.78, 5) is 4.21. The van der Waals surface area contributed by atoms with Crippen molar-refractivity contribution in [2.75, 3.05) is 6.54 Å². The van der Waals surface area contributed by atoms with Crippen molar-refractivity contribution < 1.29 is 4.39 Å². The number of halogens is 1. The Balaban J connectivity index is 2.54. The Morgan fingerprint density at radius 1 is 1.42 bits per heavy atom. The lowest BCUT2D eigenvalue weighted by molar-refractivity contribution is 0.233. The van der Waals surface area contributed by atoms with E-state index in [1.807, 2.05) is 10.6 Å². The quantitative estimate of drug-likeness (QED) is 0.919. The number of benzene rings is 1. The first-order chi connectivity index (χ1) is 8.99. The lowest BCUT2D eigenvalue weighted by Gasteiger charge is -2.35. The van der Waals surface area contributed by atoms with Crippen LogP contribution >= 0.6 is 0 Å². The Kier molecular flexibility index (Phi) is 3.71. The SMILES string of the molecule is CC(C)C(C)(CN)n1cncc1-c1cccc(F)c1. The molecule has 0 bridgehead atoms. The molecule has 0 amide bonds. The van der Waals surface area contributed by atoms with E-state index in [-0.39, 0.29) is 11.4 Å². The van der Waals surface area contributed by atoms with Gasteiger partial charge in [0.05, 0.1) is 23.8 Å². The second-order valence-corrected chi connectivity index (χ2v) is 5.38. The van der Waals surface area contributed by atoms with Crippen molar-refractivity contribution >= 4 is 0 Å². The second kappa shape index (κ2) is 5.13. The Labute approximate surface area is 113 Å². The minimum atomic E-state index is -0.246. The number of rotatable bonds is 4. The third kappa shape index (κ3) is 2.40. The van der Waals surface area contributed by atoms with E-state index >= 15 is 0 Å². The van der Waals surface area contributed by atoms with Crippen molar-refractivity contribution in [3.63, 3.8) is 0 Å². The fraction of sp³-hybridized carbons (Fsp3) is 0.400. The summed E-state index contributed by atoms with van der Waals surface area (Å²) in [5.74, 6) is 0.100. The maximum atomic E-state index is 13.4. The molecule has 0 radical (unpaired) electrons. The first-order valence-corrected chi connectivity index (χ1v) is 6.48. The molecule has 4 heteroatoms. The summed E-state index contributed by atoms with van der Waals surface area (Å²) in [5, 5.41) is 0. The fourth-order valence-corrected chi connectivity index (χ4v) is 2.18. The van der Waals surface area contributed by atoms with E-state index in [4.69, 9.17) is 5.73 Å². The number of hydrogen-bond donors (Lipinski definition) is 1. The minimum absolute atomic E-state index is 0.238. The van der Waals surface area contributed by atoms with Crippen LogP contribution in [0.2, 0.25) is 0 Å². The molecule has 0 aliphatic heterocycles. The first-order valence-electron chi connectivity index (χ1n) is 6.48. The molecule has 0 saturated heterocycles. The van der Waals surface area contributed by atoms with E-state index in [1.54, 1.807) is 18.6 Å². The highest BCUT2D eigenvalue weighted by Gasteiger charge is 2.30. The molecule has 19 heavy (non-hydrogen) atoms. The molecule has 0 spiro atoms. The number of imidazole rings is 1. The maximum absolute atomic E-state index is 13.4. The van der Waals surface area contributed by atoms with Gasteiger partial charge in [-0.15, -0.1) is 0 Å². The third-order valence-electron chi connectivity index (χ3n) is 3.97. The molecular formula is C15H20FN3. The van der Waals surface area contributed by atoms with E-state index < -0.39 is 0 Å². The summed E-state index contributed by atoms with van der Waals surface area (Å²) < 4.78 is 15.4. The largest absolute Gasteiger partial charge is 0.328 e. The normalized spacial score (nSPS) is 14.6. The van der Waals surface area contributed by atoms with Gasteiger partial charge in [0, 0.05) is 12.1 Å². The van der Waals surface area contributed by atoms with E-state index in [0.29, 0.717) is 12.5 Å². The highest BCUT2D eigenvalue weighted by Crippen LogP contribution is 2.31. The van der Waals surface area contributed by atoms with Gasteiger partial charge in [0.1, 0.15) is 5.82 Å². The van der Waals surface area contributed by atoms with Crippen molar-refractivity contribution in [2.45, 2.75) is 26.3 Å². The van der Waals surface area contributed by atoms with Crippen LogP contribution in [0.4, 0.5) is 4.39 Å². The number of hydrogen-bond acceptors (Lipinski definition) is 2. The molecular weight excluding hydrogens is 241 g/mol. The van der Waals surface area contributed by atoms with Crippen LogP contribution in [0.1, 0.15) is 20.8 Å². The van der Waals surface area contributed by atoms with Crippen LogP contribution in [-0.2, 0) is 5.54 Å². The summed E-state index contributed by atoms with van der Waals surface area (Å²) in [5.41, 5.74) is 7.42. The minimum Gasteiger partial charge on any atom is -0.328 e. The summed E-state index contributed by atoms with van der Waals surface area (Å²) in [6.07, 6.45) is 3.53. The van der Waals surface area contributed by atoms with Gasteiger partial charge in [-0.1, -0.05) is 26.0 Å². The molecule has 3 nitrogen and oxygen atoms in total. The molecule has 2 rings (SSSR count). The lowest BCUT2D eigenvalue weighted by Crippen LogP contribution is -2.42. The van der Waals surface area contributed by atoms with E-state index in [2.05, 4.69) is 25.8 Å². The number of nitrogens with two attached hydrogens (primary N) is 1. The van der Waals surface area contributed by atoms with Gasteiger partial charge in [-0.05, 0) is 25.0 Å². The zero-order valence-corrected chi connectivity index (χ0v) is 11.6. The van der Waals surface area contributed by atoms with Crippen LogP contribution in [0.3, 0.4) is 0 Å². The highest BCUT2D eigenvalue weighted by atomic mass is 19.1. The lowest BCUT2D eigenvalue weighted by atomic mass is 9.87. The second-order valence-electron chi connectivity index (χ2n) is 5.38. The van der Waals surface area contributed by atoms with Crippen molar-refractivity contribution in [3.05, 3.63) is 42.6 Å². The van der Waals surface area contributed by atoms with Gasteiger partial charge in [0.25, 0.3) is 0 Å². The average Bonchev–Trinajstić information content (AvgIpc) is 2.87. The first kappa shape index (κ1) is 13.7. The molecule has 0 aliphatic carbocycles. The molecule has 1 atom stereocenters. The fourth-order valence-electron chi connectivity index (χ4n) is 2.18. The zero-order valence-electron chi connectivity index (χ0n) is 11.6. The monoisotopic (exact) mass is 261 g/mol. The Morgan fingerprint density at radius 3 is 2.74 bits per heavy atom. The van der Waals surface area contributed by atoms with Crippen molar-refractivity contribution in [1.29, 1.82) is 0 Å². The van der Waals surface area contributed by atoms with Crippen LogP contribution in [0.15, 0.2) is 36.8 Å². The predicted molar refractivity (Wildman–Crippen MR) is 75.2 cm³/mol. The zero-order chi connectivity index (χ0) is 14.0. The molecule has 1 heterocycles. The number of nitrogens with zero attached hydrogens (tertiary/aromatic N) is 2. The van der Waals surface area contributed by atoms with Crippen molar-refractivity contribution in [3.8, 4) is 11.3 Å². The molecule has 0 fully saturated rings. The van der Waals surface area contributed by atoms with E-state index in [1.165, 1.54) is 12.1 Å². The molecule has 2 N–H and O–H groups in total. The van der Waals surface area contributed by atoms with Crippen LogP contribution in [0.25, 0.3) is 11.3 Å². The van der Waals surface area contributed by atoms with Crippen LogP contribution < -0.4 is 5.73 Å². The van der Waals surface area contributed by atoms with Crippen molar-refractivity contribution in [1.82, 2.24) is 9.55 Å². The Morgan fingerprint density at radius 2 is 2.16 bits per heavy atom. The molecule has 1 unspecified atom stereocenters. The van der Waals surface area contributed by atoms with Crippen LogP contribution in [0.5, 0.6) is 0 Å². The summed E-state index contributed by atoms with van der Waals surface area (Å²) in [6.45, 7) is 6.86. The third-order valence-corrected chi connectivity index (χ3v) is 3.97. The maximum Gasteiger partial charge on any atom is 0.123 e.